The van der Waals surface area contributed by atoms with E-state index in [1.165, 1.54) is 5.56 Å². The zero-order valence-electron chi connectivity index (χ0n) is 18.8. The molecule has 2 aliphatic heterocycles. The largest absolute Gasteiger partial charge is 0.370 e. The second-order valence-corrected chi connectivity index (χ2v) is 8.81. The van der Waals surface area contributed by atoms with Crippen LogP contribution in [0.2, 0.25) is 0 Å². The van der Waals surface area contributed by atoms with Crippen LogP contribution in [0, 0.1) is 11.8 Å². The molecule has 3 N–H and O–H groups in total. The topological polar surface area (TPSA) is 91.0 Å². The molecule has 31 heavy (non-hydrogen) atoms. The number of amides is 2. The van der Waals surface area contributed by atoms with Crippen molar-refractivity contribution in [1.82, 2.24) is 15.1 Å². The number of aliphatic imine (C=N–C) groups is 1. The van der Waals surface area contributed by atoms with Crippen molar-refractivity contribution in [3.63, 3.8) is 0 Å². The van der Waals surface area contributed by atoms with Gasteiger partial charge in [-0.25, -0.2) is 4.99 Å². The van der Waals surface area contributed by atoms with E-state index in [0.717, 1.165) is 70.8 Å². The minimum Gasteiger partial charge on any atom is -0.370 e. The van der Waals surface area contributed by atoms with E-state index in [2.05, 4.69) is 45.5 Å². The molecule has 2 saturated heterocycles. The van der Waals surface area contributed by atoms with Crippen LogP contribution in [0.5, 0.6) is 0 Å². The highest BCUT2D eigenvalue weighted by atomic mass is 16.2. The second kappa shape index (κ2) is 11.7. The Bertz CT molecular complexity index is 744. The van der Waals surface area contributed by atoms with E-state index < -0.39 is 0 Å². The first kappa shape index (κ1) is 23.1. The van der Waals surface area contributed by atoms with Gasteiger partial charge in [0.2, 0.25) is 11.8 Å². The third kappa shape index (κ3) is 7.26. The fourth-order valence-electron chi connectivity index (χ4n) is 4.71. The number of piperidine rings is 2. The number of nitrogens with two attached hydrogens (primary N) is 1. The first-order valence-electron chi connectivity index (χ1n) is 11.7. The van der Waals surface area contributed by atoms with Gasteiger partial charge in [-0.2, -0.15) is 0 Å². The first-order chi connectivity index (χ1) is 15.0. The summed E-state index contributed by atoms with van der Waals surface area (Å²) in [6.07, 6.45) is 5.61. The van der Waals surface area contributed by atoms with Crippen molar-refractivity contribution >= 4 is 17.8 Å². The number of likely N-dealkylation sites (tertiary alicyclic amines) is 2. The van der Waals surface area contributed by atoms with E-state index in [1.54, 1.807) is 0 Å². The van der Waals surface area contributed by atoms with Gasteiger partial charge < -0.3 is 20.9 Å². The Hall–Kier alpha value is -2.57. The zero-order chi connectivity index (χ0) is 22.1. The van der Waals surface area contributed by atoms with Crippen molar-refractivity contribution in [3.8, 4) is 0 Å². The van der Waals surface area contributed by atoms with Crippen molar-refractivity contribution in [1.29, 1.82) is 0 Å². The van der Waals surface area contributed by atoms with Gasteiger partial charge >= 0.3 is 0 Å². The number of guanidine groups is 1. The highest BCUT2D eigenvalue weighted by Crippen LogP contribution is 2.22. The summed E-state index contributed by atoms with van der Waals surface area (Å²) in [7, 11) is 0. The summed E-state index contributed by atoms with van der Waals surface area (Å²) >= 11 is 0. The molecule has 3 rings (SSSR count). The Morgan fingerprint density at radius 1 is 1.06 bits per heavy atom. The third-order valence-electron chi connectivity index (χ3n) is 6.34. The molecule has 0 aromatic heterocycles. The fraction of sp³-hybridized carbons (Fsp3) is 0.625. The molecule has 7 heteroatoms. The second-order valence-electron chi connectivity index (χ2n) is 8.81. The highest BCUT2D eigenvalue weighted by Gasteiger charge is 2.25. The summed E-state index contributed by atoms with van der Waals surface area (Å²) in [5, 5.41) is 3.31. The Morgan fingerprint density at radius 3 is 2.48 bits per heavy atom. The Morgan fingerprint density at radius 2 is 1.81 bits per heavy atom. The molecule has 0 saturated carbocycles. The minimum absolute atomic E-state index is 0.0965. The van der Waals surface area contributed by atoms with E-state index in [1.807, 2.05) is 11.8 Å². The van der Waals surface area contributed by atoms with Crippen LogP contribution in [0.3, 0.4) is 0 Å². The summed E-state index contributed by atoms with van der Waals surface area (Å²) in [6.45, 7) is 6.21. The van der Waals surface area contributed by atoms with Crippen LogP contribution in [0.1, 0.15) is 44.6 Å². The van der Waals surface area contributed by atoms with Gasteiger partial charge in [0.25, 0.3) is 0 Å². The Kier molecular flexibility index (Phi) is 8.74. The predicted molar refractivity (Wildman–Crippen MR) is 124 cm³/mol. The van der Waals surface area contributed by atoms with Crippen LogP contribution in [-0.2, 0) is 16.0 Å². The van der Waals surface area contributed by atoms with Gasteiger partial charge in [0.15, 0.2) is 5.96 Å². The lowest BCUT2D eigenvalue weighted by Gasteiger charge is -2.35. The van der Waals surface area contributed by atoms with Gasteiger partial charge in [-0.1, -0.05) is 30.3 Å². The number of carbonyl (C=O) groups is 2. The molecular weight excluding hydrogens is 390 g/mol. The number of primary amides is 1. The number of carbonyl (C=O) groups excluding carboxylic acids is 2. The van der Waals surface area contributed by atoms with E-state index in [9.17, 15) is 9.59 Å². The van der Waals surface area contributed by atoms with Crippen LogP contribution >= 0.6 is 0 Å². The normalized spacial score (nSPS) is 20.5. The SMILES string of the molecule is CCNC(=NCC(=O)N1CCC(Cc2ccccc2)CC1)N1CCCC(CC(N)=O)C1. The third-order valence-corrected chi connectivity index (χ3v) is 6.34. The Balaban J connectivity index is 1.49. The molecule has 1 aromatic rings. The standard InChI is InChI=1S/C24H37N5O2/c1-2-26-24(29-12-6-9-21(18-29)16-22(25)30)27-17-23(31)28-13-10-20(11-14-28)15-19-7-4-3-5-8-19/h3-5,7-8,20-21H,2,6,9-18H2,1H3,(H2,25,30)(H,26,27). The molecule has 0 aliphatic carbocycles. The molecule has 2 aliphatic rings. The maximum Gasteiger partial charge on any atom is 0.244 e. The van der Waals surface area contributed by atoms with Crippen molar-refractivity contribution in [2.45, 2.75) is 45.4 Å². The molecule has 0 spiro atoms. The summed E-state index contributed by atoms with van der Waals surface area (Å²) in [6, 6.07) is 10.6. The molecule has 1 aromatic carbocycles. The maximum atomic E-state index is 12.8. The van der Waals surface area contributed by atoms with E-state index in [0.29, 0.717) is 12.3 Å². The molecular formula is C24H37N5O2. The number of nitrogens with one attached hydrogen (secondary N) is 1. The van der Waals surface area contributed by atoms with Gasteiger partial charge in [-0.05, 0) is 56.4 Å². The smallest absolute Gasteiger partial charge is 0.244 e. The minimum atomic E-state index is -0.250. The van der Waals surface area contributed by atoms with Crippen molar-refractivity contribution in [3.05, 3.63) is 35.9 Å². The lowest BCUT2D eigenvalue weighted by molar-refractivity contribution is -0.131. The predicted octanol–water partition coefficient (Wildman–Crippen LogP) is 2.02. The number of hydrogen-bond acceptors (Lipinski definition) is 3. The van der Waals surface area contributed by atoms with Crippen LogP contribution in [0.25, 0.3) is 0 Å². The molecule has 1 unspecified atom stereocenters. The summed E-state index contributed by atoms with van der Waals surface area (Å²) in [5.74, 6) is 1.51. The molecule has 1 atom stereocenters. The maximum absolute atomic E-state index is 12.8. The number of rotatable bonds is 7. The average molecular weight is 428 g/mol. The fourth-order valence-corrected chi connectivity index (χ4v) is 4.71. The van der Waals surface area contributed by atoms with Crippen LogP contribution < -0.4 is 11.1 Å². The molecule has 0 radical (unpaired) electrons. The summed E-state index contributed by atoms with van der Waals surface area (Å²) in [4.78, 5) is 32.8. The van der Waals surface area contributed by atoms with E-state index in [-0.39, 0.29) is 24.3 Å². The molecule has 2 heterocycles. The zero-order valence-corrected chi connectivity index (χ0v) is 18.8. The average Bonchev–Trinajstić information content (AvgIpc) is 2.77. The molecule has 2 fully saturated rings. The summed E-state index contributed by atoms with van der Waals surface area (Å²) in [5.41, 5.74) is 6.76. The lowest BCUT2D eigenvalue weighted by atomic mass is 9.90. The quantitative estimate of drug-likeness (QED) is 0.514. The van der Waals surface area contributed by atoms with Gasteiger partial charge in [0, 0.05) is 39.1 Å². The van der Waals surface area contributed by atoms with Gasteiger partial charge in [0.05, 0.1) is 0 Å². The van der Waals surface area contributed by atoms with Crippen LogP contribution in [0.4, 0.5) is 0 Å². The molecule has 170 valence electrons. The highest BCUT2D eigenvalue weighted by molar-refractivity contribution is 5.85. The van der Waals surface area contributed by atoms with E-state index in [4.69, 9.17) is 5.73 Å². The monoisotopic (exact) mass is 427 g/mol. The molecule has 2 amide bonds. The number of hydrogen-bond donors (Lipinski definition) is 2. The van der Waals surface area contributed by atoms with Gasteiger partial charge in [-0.15, -0.1) is 0 Å². The van der Waals surface area contributed by atoms with Gasteiger partial charge in [0.1, 0.15) is 6.54 Å². The van der Waals surface area contributed by atoms with Crippen LogP contribution in [-0.4, -0.2) is 66.8 Å². The van der Waals surface area contributed by atoms with Crippen molar-refractivity contribution in [2.24, 2.45) is 22.6 Å². The molecule has 0 bridgehead atoms. The first-order valence-corrected chi connectivity index (χ1v) is 11.7. The number of benzene rings is 1. The Labute approximate surface area is 186 Å². The molecule has 7 nitrogen and oxygen atoms in total. The van der Waals surface area contributed by atoms with Crippen molar-refractivity contribution in [2.75, 3.05) is 39.3 Å². The van der Waals surface area contributed by atoms with E-state index >= 15 is 0 Å². The van der Waals surface area contributed by atoms with Crippen LogP contribution in [0.15, 0.2) is 35.3 Å². The lowest BCUT2D eigenvalue weighted by Crippen LogP contribution is -2.48. The number of nitrogens with zero attached hydrogens (tertiary/aromatic N) is 3. The summed E-state index contributed by atoms with van der Waals surface area (Å²) < 4.78 is 0. The van der Waals surface area contributed by atoms with Crippen molar-refractivity contribution < 1.29 is 9.59 Å². The van der Waals surface area contributed by atoms with Gasteiger partial charge in [-0.3, -0.25) is 9.59 Å².